The number of rotatable bonds is 1. The lowest BCUT2D eigenvalue weighted by Crippen LogP contribution is -2.21. The van der Waals surface area contributed by atoms with Crippen LogP contribution in [-0.2, 0) is 0 Å². The molecule has 1 aliphatic carbocycles. The van der Waals surface area contributed by atoms with Gasteiger partial charge in [-0.1, -0.05) is 19.0 Å². The van der Waals surface area contributed by atoms with E-state index in [1.165, 1.54) is 6.42 Å². The van der Waals surface area contributed by atoms with Crippen molar-refractivity contribution in [3.05, 3.63) is 4.91 Å². The summed E-state index contributed by atoms with van der Waals surface area (Å²) in [6.07, 6.45) is 3.29. The Balaban J connectivity index is 2.42. The van der Waals surface area contributed by atoms with Crippen LogP contribution in [-0.4, -0.2) is 6.04 Å². The Labute approximate surface area is 62.0 Å². The number of nitrogens with zero attached hydrogens (tertiary/aromatic N) is 1. The molecule has 0 N–H and O–H groups in total. The second-order valence-corrected chi connectivity index (χ2v) is 3.68. The molecule has 1 fully saturated rings. The van der Waals surface area contributed by atoms with Gasteiger partial charge in [0, 0.05) is 0 Å². The zero-order valence-corrected chi connectivity index (χ0v) is 6.71. The largest absolute Gasteiger partial charge is 0.151 e. The summed E-state index contributed by atoms with van der Waals surface area (Å²) in [5.41, 5.74) is 0. The van der Waals surface area contributed by atoms with E-state index in [0.29, 0.717) is 11.8 Å². The van der Waals surface area contributed by atoms with Gasteiger partial charge >= 0.3 is 0 Å². The van der Waals surface area contributed by atoms with Crippen molar-refractivity contribution in [1.29, 1.82) is 0 Å². The summed E-state index contributed by atoms with van der Waals surface area (Å²) in [6, 6.07) is 0.110. The van der Waals surface area contributed by atoms with Gasteiger partial charge in [0.15, 0.2) is 0 Å². The summed E-state index contributed by atoms with van der Waals surface area (Å²) >= 11 is 0. The second-order valence-electron chi connectivity index (χ2n) is 3.68. The van der Waals surface area contributed by atoms with E-state index in [1.54, 1.807) is 0 Å². The number of hydrogen-bond acceptors (Lipinski definition) is 2. The molecule has 1 aliphatic rings. The van der Waals surface area contributed by atoms with Gasteiger partial charge in [0.2, 0.25) is 0 Å². The first kappa shape index (κ1) is 7.70. The summed E-state index contributed by atoms with van der Waals surface area (Å²) in [7, 11) is 0. The minimum atomic E-state index is 0.110. The van der Waals surface area contributed by atoms with Crippen LogP contribution in [0.1, 0.15) is 33.1 Å². The molecule has 0 spiro atoms. The smallest absolute Gasteiger partial charge is 0.0924 e. The molecule has 0 bridgehead atoms. The minimum absolute atomic E-state index is 0.110. The quantitative estimate of drug-likeness (QED) is 0.516. The molecule has 0 aromatic carbocycles. The van der Waals surface area contributed by atoms with Crippen LogP contribution in [0.15, 0.2) is 5.18 Å². The molecule has 2 atom stereocenters. The number of nitroso groups, excluding NO2 is 1. The van der Waals surface area contributed by atoms with Crippen molar-refractivity contribution >= 4 is 0 Å². The van der Waals surface area contributed by atoms with Gasteiger partial charge in [0.25, 0.3) is 0 Å². The molecule has 0 aromatic rings. The zero-order valence-electron chi connectivity index (χ0n) is 6.71. The summed E-state index contributed by atoms with van der Waals surface area (Å²) in [4.78, 5) is 10.2. The van der Waals surface area contributed by atoms with Crippen LogP contribution in [0, 0.1) is 16.7 Å². The predicted octanol–water partition coefficient (Wildman–Crippen LogP) is 2.58. The van der Waals surface area contributed by atoms with Gasteiger partial charge < -0.3 is 0 Å². The fraction of sp³-hybridized carbons (Fsp3) is 1.00. The molecule has 0 heterocycles. The van der Waals surface area contributed by atoms with Crippen LogP contribution in [0.4, 0.5) is 0 Å². The lowest BCUT2D eigenvalue weighted by molar-refractivity contribution is 0.270. The molecule has 1 rings (SSSR count). The van der Waals surface area contributed by atoms with Crippen molar-refractivity contribution < 1.29 is 0 Å². The van der Waals surface area contributed by atoms with Crippen molar-refractivity contribution in [1.82, 2.24) is 0 Å². The molecule has 0 amide bonds. The lowest BCUT2D eigenvalue weighted by Gasteiger charge is -2.26. The summed E-state index contributed by atoms with van der Waals surface area (Å²) in [6.45, 7) is 4.40. The third kappa shape index (κ3) is 1.79. The van der Waals surface area contributed by atoms with E-state index in [4.69, 9.17) is 0 Å². The Bertz CT molecular complexity index is 114. The Hall–Kier alpha value is -0.400. The lowest BCUT2D eigenvalue weighted by atomic mass is 9.81. The predicted molar refractivity (Wildman–Crippen MR) is 41.8 cm³/mol. The molecule has 2 unspecified atom stereocenters. The van der Waals surface area contributed by atoms with Crippen molar-refractivity contribution in [2.24, 2.45) is 17.0 Å². The van der Waals surface area contributed by atoms with Crippen LogP contribution in [0.2, 0.25) is 0 Å². The molecule has 0 aliphatic heterocycles. The Morgan fingerprint density at radius 2 is 1.60 bits per heavy atom. The molecule has 0 radical (unpaired) electrons. The van der Waals surface area contributed by atoms with Gasteiger partial charge in [-0.3, -0.25) is 0 Å². The van der Waals surface area contributed by atoms with E-state index < -0.39 is 0 Å². The van der Waals surface area contributed by atoms with Gasteiger partial charge in [-0.25, -0.2) is 0 Å². The van der Waals surface area contributed by atoms with Gasteiger partial charge in [-0.15, -0.1) is 0 Å². The first-order chi connectivity index (χ1) is 4.72. The molecular weight excluding hydrogens is 126 g/mol. The summed E-state index contributed by atoms with van der Waals surface area (Å²) in [5.74, 6) is 1.40. The molecule has 10 heavy (non-hydrogen) atoms. The average Bonchev–Trinajstić information content (AvgIpc) is 1.85. The van der Waals surface area contributed by atoms with Crippen molar-refractivity contribution in [3.63, 3.8) is 0 Å². The zero-order chi connectivity index (χ0) is 7.56. The molecule has 2 nitrogen and oxygen atoms in total. The maximum atomic E-state index is 10.2. The van der Waals surface area contributed by atoms with Crippen LogP contribution in [0.3, 0.4) is 0 Å². The fourth-order valence-corrected chi connectivity index (χ4v) is 1.99. The van der Waals surface area contributed by atoms with Crippen molar-refractivity contribution in [2.45, 2.75) is 39.2 Å². The van der Waals surface area contributed by atoms with E-state index in [-0.39, 0.29) is 6.04 Å². The highest BCUT2D eigenvalue weighted by Crippen LogP contribution is 2.29. The van der Waals surface area contributed by atoms with Crippen LogP contribution in [0.25, 0.3) is 0 Å². The molecule has 58 valence electrons. The first-order valence-corrected chi connectivity index (χ1v) is 4.04. The third-order valence-corrected chi connectivity index (χ3v) is 2.30. The Morgan fingerprint density at radius 1 is 1.10 bits per heavy atom. The third-order valence-electron chi connectivity index (χ3n) is 2.30. The molecule has 0 saturated heterocycles. The van der Waals surface area contributed by atoms with E-state index in [9.17, 15) is 4.91 Å². The SMILES string of the molecule is CC1CC(C)CC(N=O)C1. The highest BCUT2D eigenvalue weighted by atomic mass is 16.3. The topological polar surface area (TPSA) is 29.4 Å². The van der Waals surface area contributed by atoms with Gasteiger partial charge in [-0.05, 0) is 31.1 Å². The average molecular weight is 141 g/mol. The first-order valence-electron chi connectivity index (χ1n) is 4.04. The second kappa shape index (κ2) is 3.13. The maximum absolute atomic E-state index is 10.2. The monoisotopic (exact) mass is 141 g/mol. The molecule has 0 aromatic heterocycles. The molecule has 1 saturated carbocycles. The minimum Gasteiger partial charge on any atom is -0.151 e. The van der Waals surface area contributed by atoms with E-state index in [2.05, 4.69) is 19.0 Å². The highest BCUT2D eigenvalue weighted by molar-refractivity contribution is 4.78. The van der Waals surface area contributed by atoms with Crippen molar-refractivity contribution in [3.8, 4) is 0 Å². The van der Waals surface area contributed by atoms with E-state index in [1.807, 2.05) is 0 Å². The number of hydrogen-bond donors (Lipinski definition) is 0. The fourth-order valence-electron chi connectivity index (χ4n) is 1.99. The van der Waals surface area contributed by atoms with E-state index in [0.717, 1.165) is 12.8 Å². The Kier molecular flexibility index (Phi) is 2.41. The molecular formula is C8H15NO. The van der Waals surface area contributed by atoms with Gasteiger partial charge in [-0.2, -0.15) is 4.91 Å². The van der Waals surface area contributed by atoms with Crippen LogP contribution < -0.4 is 0 Å². The van der Waals surface area contributed by atoms with Gasteiger partial charge in [0.05, 0.1) is 6.04 Å². The standard InChI is InChI=1S/C8H15NO/c1-6-3-7(2)5-8(4-6)9-10/h6-8H,3-5H2,1-2H3. The van der Waals surface area contributed by atoms with Crippen molar-refractivity contribution in [2.75, 3.05) is 0 Å². The van der Waals surface area contributed by atoms with Crippen LogP contribution in [0.5, 0.6) is 0 Å². The van der Waals surface area contributed by atoms with E-state index >= 15 is 0 Å². The maximum Gasteiger partial charge on any atom is 0.0924 e. The molecule has 2 heteroatoms. The summed E-state index contributed by atoms with van der Waals surface area (Å²) < 4.78 is 0. The summed E-state index contributed by atoms with van der Waals surface area (Å²) in [5, 5.41) is 3.10. The Morgan fingerprint density at radius 3 is 2.00 bits per heavy atom. The van der Waals surface area contributed by atoms with Gasteiger partial charge in [0.1, 0.15) is 0 Å². The highest BCUT2D eigenvalue weighted by Gasteiger charge is 2.23. The van der Waals surface area contributed by atoms with Crippen LogP contribution >= 0.6 is 0 Å². The normalized spacial score (nSPS) is 41.2.